The van der Waals surface area contributed by atoms with E-state index in [2.05, 4.69) is 10.6 Å². The predicted molar refractivity (Wildman–Crippen MR) is 110 cm³/mol. The van der Waals surface area contributed by atoms with Gasteiger partial charge in [-0.25, -0.2) is 0 Å². The van der Waals surface area contributed by atoms with Crippen molar-refractivity contribution in [1.82, 2.24) is 0 Å². The van der Waals surface area contributed by atoms with Crippen LogP contribution in [0.4, 0.5) is 11.4 Å². The van der Waals surface area contributed by atoms with Crippen LogP contribution in [0, 0.1) is 0 Å². The Kier molecular flexibility index (Phi) is 6.36. The minimum absolute atomic E-state index is 0.0868. The molecule has 2 N–H and O–H groups in total. The molecule has 0 unspecified atom stereocenters. The molecule has 0 spiro atoms. The number of benzene rings is 3. The van der Waals surface area contributed by atoms with E-state index in [0.29, 0.717) is 22.9 Å². The van der Waals surface area contributed by atoms with Crippen LogP contribution in [-0.2, 0) is 4.79 Å². The molecule has 0 aliphatic heterocycles. The van der Waals surface area contributed by atoms with E-state index in [1.807, 2.05) is 54.6 Å². The highest BCUT2D eigenvalue weighted by Gasteiger charge is 2.09. The molecule has 6 heteroatoms. The maximum Gasteiger partial charge on any atom is 0.243 e. The number of nitrogens with one attached hydrogen (secondary N) is 2. The molecule has 3 aromatic rings. The Hall–Kier alpha value is -3.67. The molecule has 0 saturated heterocycles. The van der Waals surface area contributed by atoms with Crippen LogP contribution in [0.25, 0.3) is 0 Å². The van der Waals surface area contributed by atoms with E-state index in [4.69, 9.17) is 14.2 Å². The zero-order valence-electron chi connectivity index (χ0n) is 15.8. The van der Waals surface area contributed by atoms with Crippen LogP contribution in [0.2, 0.25) is 0 Å². The summed E-state index contributed by atoms with van der Waals surface area (Å²) in [6, 6.07) is 22.2. The molecule has 0 saturated carbocycles. The van der Waals surface area contributed by atoms with Gasteiger partial charge in [0.15, 0.2) is 17.2 Å². The van der Waals surface area contributed by atoms with Gasteiger partial charge in [-0.2, -0.15) is 0 Å². The van der Waals surface area contributed by atoms with Gasteiger partial charge in [-0.3, -0.25) is 4.79 Å². The molecule has 1 amide bonds. The molecule has 0 aliphatic carbocycles. The third kappa shape index (κ3) is 4.94. The zero-order chi connectivity index (χ0) is 19.8. The molecule has 0 bridgehead atoms. The molecule has 0 fully saturated rings. The molecular formula is C22H22N2O4. The third-order valence-electron chi connectivity index (χ3n) is 3.96. The molecule has 0 atom stereocenters. The standard InChI is InChI=1S/C22H22N2O4/c1-26-20-13-12-16(14-21(20)27-2)24-22(25)15-23-18-10-6-7-11-19(18)28-17-8-4-3-5-9-17/h3-14,23H,15H2,1-2H3,(H,24,25). The monoisotopic (exact) mass is 378 g/mol. The Morgan fingerprint density at radius 3 is 2.29 bits per heavy atom. The Morgan fingerprint density at radius 1 is 0.821 bits per heavy atom. The van der Waals surface area contributed by atoms with E-state index in [1.54, 1.807) is 32.4 Å². The minimum Gasteiger partial charge on any atom is -0.493 e. The summed E-state index contributed by atoms with van der Waals surface area (Å²) in [5.41, 5.74) is 1.35. The molecule has 3 aromatic carbocycles. The topological polar surface area (TPSA) is 68.8 Å². The molecule has 0 aromatic heterocycles. The normalized spacial score (nSPS) is 10.1. The second-order valence-electron chi connectivity index (χ2n) is 5.88. The van der Waals surface area contributed by atoms with Crippen LogP contribution in [0.1, 0.15) is 0 Å². The number of amides is 1. The predicted octanol–water partition coefficient (Wildman–Crippen LogP) is 4.55. The zero-order valence-corrected chi connectivity index (χ0v) is 15.8. The van der Waals surface area contributed by atoms with Crippen molar-refractivity contribution in [1.29, 1.82) is 0 Å². The summed E-state index contributed by atoms with van der Waals surface area (Å²) in [5, 5.41) is 5.94. The number of methoxy groups -OCH3 is 2. The second-order valence-corrected chi connectivity index (χ2v) is 5.88. The van der Waals surface area contributed by atoms with Crippen molar-refractivity contribution in [3.05, 3.63) is 72.8 Å². The van der Waals surface area contributed by atoms with Crippen LogP contribution in [0.3, 0.4) is 0 Å². The van der Waals surface area contributed by atoms with Gasteiger partial charge in [0.05, 0.1) is 26.5 Å². The highest BCUT2D eigenvalue weighted by molar-refractivity contribution is 5.94. The van der Waals surface area contributed by atoms with Gasteiger partial charge in [0.2, 0.25) is 5.91 Å². The molecule has 0 aliphatic rings. The number of rotatable bonds is 8. The number of anilines is 2. The Labute approximate surface area is 164 Å². The largest absolute Gasteiger partial charge is 0.493 e. The lowest BCUT2D eigenvalue weighted by atomic mass is 10.2. The van der Waals surface area contributed by atoms with E-state index in [1.165, 1.54) is 0 Å². The summed E-state index contributed by atoms with van der Waals surface area (Å²) in [5.74, 6) is 2.33. The first-order valence-electron chi connectivity index (χ1n) is 8.77. The third-order valence-corrected chi connectivity index (χ3v) is 3.96. The summed E-state index contributed by atoms with van der Waals surface area (Å²) in [7, 11) is 3.11. The van der Waals surface area contributed by atoms with Crippen LogP contribution in [-0.4, -0.2) is 26.7 Å². The fourth-order valence-electron chi connectivity index (χ4n) is 2.61. The average Bonchev–Trinajstić information content (AvgIpc) is 2.73. The molecule has 28 heavy (non-hydrogen) atoms. The number of carbonyl (C=O) groups excluding carboxylic acids is 1. The molecule has 6 nitrogen and oxygen atoms in total. The lowest BCUT2D eigenvalue weighted by Gasteiger charge is -2.14. The van der Waals surface area contributed by atoms with Crippen molar-refractivity contribution < 1.29 is 19.0 Å². The molecule has 144 valence electrons. The van der Waals surface area contributed by atoms with Gasteiger partial charge in [0.25, 0.3) is 0 Å². The SMILES string of the molecule is COc1ccc(NC(=O)CNc2ccccc2Oc2ccccc2)cc1OC. The summed E-state index contributed by atoms with van der Waals surface area (Å²) in [6.07, 6.45) is 0. The first-order valence-corrected chi connectivity index (χ1v) is 8.77. The summed E-state index contributed by atoms with van der Waals surface area (Å²) >= 11 is 0. The number of para-hydroxylation sites is 3. The maximum absolute atomic E-state index is 12.3. The number of hydrogen-bond acceptors (Lipinski definition) is 5. The Balaban J connectivity index is 1.62. The van der Waals surface area contributed by atoms with Gasteiger partial charge in [0, 0.05) is 11.8 Å². The van der Waals surface area contributed by atoms with Gasteiger partial charge in [-0.1, -0.05) is 30.3 Å². The Morgan fingerprint density at radius 2 is 1.54 bits per heavy atom. The maximum atomic E-state index is 12.3. The van der Waals surface area contributed by atoms with Crippen molar-refractivity contribution in [3.63, 3.8) is 0 Å². The first-order chi connectivity index (χ1) is 13.7. The summed E-state index contributed by atoms with van der Waals surface area (Å²) in [6.45, 7) is 0.0868. The van der Waals surface area contributed by atoms with Crippen LogP contribution < -0.4 is 24.8 Å². The number of carbonyl (C=O) groups is 1. The Bertz CT molecular complexity index is 929. The van der Waals surface area contributed by atoms with Gasteiger partial charge in [0.1, 0.15) is 5.75 Å². The van der Waals surface area contributed by atoms with Crippen molar-refractivity contribution >= 4 is 17.3 Å². The van der Waals surface area contributed by atoms with Crippen LogP contribution >= 0.6 is 0 Å². The van der Waals surface area contributed by atoms with E-state index in [9.17, 15) is 4.79 Å². The molecule has 0 heterocycles. The number of ether oxygens (including phenoxy) is 3. The average molecular weight is 378 g/mol. The summed E-state index contributed by atoms with van der Waals surface area (Å²) in [4.78, 5) is 12.3. The highest BCUT2D eigenvalue weighted by Crippen LogP contribution is 2.30. The fourth-order valence-corrected chi connectivity index (χ4v) is 2.61. The van der Waals surface area contributed by atoms with Crippen LogP contribution in [0.15, 0.2) is 72.8 Å². The van der Waals surface area contributed by atoms with Gasteiger partial charge < -0.3 is 24.8 Å². The lowest BCUT2D eigenvalue weighted by molar-refractivity contribution is -0.114. The summed E-state index contributed by atoms with van der Waals surface area (Å²) < 4.78 is 16.3. The molecule has 0 radical (unpaired) electrons. The van der Waals surface area contributed by atoms with Gasteiger partial charge in [-0.05, 0) is 36.4 Å². The highest BCUT2D eigenvalue weighted by atomic mass is 16.5. The van der Waals surface area contributed by atoms with E-state index in [0.717, 1.165) is 11.4 Å². The van der Waals surface area contributed by atoms with Crippen molar-refractivity contribution in [2.75, 3.05) is 31.4 Å². The quantitative estimate of drug-likeness (QED) is 0.602. The van der Waals surface area contributed by atoms with E-state index >= 15 is 0 Å². The van der Waals surface area contributed by atoms with Gasteiger partial charge in [-0.15, -0.1) is 0 Å². The second kappa shape index (κ2) is 9.32. The minimum atomic E-state index is -0.193. The smallest absolute Gasteiger partial charge is 0.243 e. The van der Waals surface area contributed by atoms with Crippen molar-refractivity contribution in [3.8, 4) is 23.0 Å². The van der Waals surface area contributed by atoms with E-state index < -0.39 is 0 Å². The number of hydrogen-bond donors (Lipinski definition) is 2. The first kappa shape index (κ1) is 19.1. The van der Waals surface area contributed by atoms with Gasteiger partial charge >= 0.3 is 0 Å². The van der Waals surface area contributed by atoms with E-state index in [-0.39, 0.29) is 12.5 Å². The molecule has 3 rings (SSSR count). The van der Waals surface area contributed by atoms with Crippen molar-refractivity contribution in [2.45, 2.75) is 0 Å². The molecular weight excluding hydrogens is 356 g/mol. The van der Waals surface area contributed by atoms with Crippen LogP contribution in [0.5, 0.6) is 23.0 Å². The fraction of sp³-hybridized carbons (Fsp3) is 0.136. The van der Waals surface area contributed by atoms with Crippen molar-refractivity contribution in [2.24, 2.45) is 0 Å². The lowest BCUT2D eigenvalue weighted by Crippen LogP contribution is -2.21.